The third-order valence-corrected chi connectivity index (χ3v) is 6.05. The fourth-order valence-electron chi connectivity index (χ4n) is 3.22. The molecule has 0 bridgehead atoms. The number of benzene rings is 2. The number of halogens is 1. The van der Waals surface area contributed by atoms with E-state index < -0.39 is 0 Å². The summed E-state index contributed by atoms with van der Waals surface area (Å²) in [4.78, 5) is 28.0. The molecule has 0 unspecified atom stereocenters. The number of morpholine rings is 1. The van der Waals surface area contributed by atoms with Crippen LogP contribution in [0.4, 0.5) is 17.1 Å². The van der Waals surface area contributed by atoms with Crippen LogP contribution in [0, 0.1) is 0 Å². The molecule has 2 amide bonds. The minimum Gasteiger partial charge on any atom is -0.378 e. The number of ether oxygens (including phenoxy) is 1. The fraction of sp³-hybridized carbons (Fsp3) is 0.182. The summed E-state index contributed by atoms with van der Waals surface area (Å²) in [5, 5.41) is 7.70. The van der Waals surface area contributed by atoms with E-state index in [4.69, 9.17) is 4.74 Å². The van der Waals surface area contributed by atoms with Gasteiger partial charge in [0.2, 0.25) is 0 Å². The topological polar surface area (TPSA) is 70.7 Å². The molecule has 2 heterocycles. The Morgan fingerprint density at radius 3 is 2.57 bits per heavy atom. The maximum absolute atomic E-state index is 12.9. The summed E-state index contributed by atoms with van der Waals surface area (Å²) >= 11 is 4.85. The SMILES string of the molecule is O=C(Nc1cc(Br)ccc1N1CCOCC1)c1cccc(NC(=O)c2cccs2)c1. The molecule has 2 aromatic carbocycles. The molecule has 1 aliphatic heterocycles. The Morgan fingerprint density at radius 2 is 1.80 bits per heavy atom. The fourth-order valence-corrected chi connectivity index (χ4v) is 4.20. The number of amides is 2. The van der Waals surface area contributed by atoms with Gasteiger partial charge in [0, 0.05) is 28.8 Å². The van der Waals surface area contributed by atoms with Gasteiger partial charge in [0.15, 0.2) is 0 Å². The van der Waals surface area contributed by atoms with Gasteiger partial charge in [0.05, 0.1) is 29.5 Å². The molecule has 1 aliphatic rings. The van der Waals surface area contributed by atoms with Crippen LogP contribution in [0.2, 0.25) is 0 Å². The maximum atomic E-state index is 12.9. The summed E-state index contributed by atoms with van der Waals surface area (Å²) in [5.74, 6) is -0.431. The van der Waals surface area contributed by atoms with Gasteiger partial charge in [0.25, 0.3) is 11.8 Å². The highest BCUT2D eigenvalue weighted by atomic mass is 79.9. The first-order chi connectivity index (χ1) is 14.6. The van der Waals surface area contributed by atoms with E-state index in [-0.39, 0.29) is 11.8 Å². The van der Waals surface area contributed by atoms with Gasteiger partial charge in [-0.25, -0.2) is 0 Å². The van der Waals surface area contributed by atoms with Crippen LogP contribution in [0.1, 0.15) is 20.0 Å². The van der Waals surface area contributed by atoms with Crippen molar-refractivity contribution in [1.29, 1.82) is 0 Å². The number of thiophene rings is 1. The molecule has 8 heteroatoms. The summed E-state index contributed by atoms with van der Waals surface area (Å²) in [5.41, 5.74) is 2.72. The van der Waals surface area contributed by atoms with Crippen molar-refractivity contribution in [2.24, 2.45) is 0 Å². The highest BCUT2D eigenvalue weighted by Gasteiger charge is 2.17. The second-order valence-corrected chi connectivity index (χ2v) is 8.59. The van der Waals surface area contributed by atoms with Gasteiger partial charge in [0.1, 0.15) is 0 Å². The molecule has 154 valence electrons. The quantitative estimate of drug-likeness (QED) is 0.541. The van der Waals surface area contributed by atoms with Crippen LogP contribution in [-0.2, 0) is 4.74 Å². The molecule has 6 nitrogen and oxygen atoms in total. The Balaban J connectivity index is 1.51. The van der Waals surface area contributed by atoms with E-state index in [0.29, 0.717) is 29.3 Å². The number of hydrogen-bond donors (Lipinski definition) is 2. The first-order valence-electron chi connectivity index (χ1n) is 9.49. The smallest absolute Gasteiger partial charge is 0.265 e. The first kappa shape index (κ1) is 20.6. The number of anilines is 3. The van der Waals surface area contributed by atoms with Crippen LogP contribution >= 0.6 is 27.3 Å². The molecule has 0 radical (unpaired) electrons. The van der Waals surface area contributed by atoms with E-state index in [2.05, 4.69) is 31.5 Å². The number of carbonyl (C=O) groups is 2. The molecule has 30 heavy (non-hydrogen) atoms. The lowest BCUT2D eigenvalue weighted by molar-refractivity contribution is 0.101. The van der Waals surface area contributed by atoms with Crippen molar-refractivity contribution in [3.05, 3.63) is 74.9 Å². The van der Waals surface area contributed by atoms with Gasteiger partial charge in [-0.3, -0.25) is 9.59 Å². The summed E-state index contributed by atoms with van der Waals surface area (Å²) in [6.45, 7) is 2.87. The molecule has 1 aromatic heterocycles. The molecule has 0 atom stereocenters. The van der Waals surface area contributed by atoms with Crippen LogP contribution in [-0.4, -0.2) is 38.1 Å². The molecule has 0 spiro atoms. The number of carbonyl (C=O) groups excluding carboxylic acids is 2. The lowest BCUT2D eigenvalue weighted by Gasteiger charge is -2.30. The average Bonchev–Trinajstić information content (AvgIpc) is 3.30. The van der Waals surface area contributed by atoms with Crippen molar-refractivity contribution in [3.63, 3.8) is 0 Å². The van der Waals surface area contributed by atoms with Crippen molar-refractivity contribution in [2.75, 3.05) is 41.8 Å². The summed E-state index contributed by atoms with van der Waals surface area (Å²) in [6.07, 6.45) is 0. The van der Waals surface area contributed by atoms with Gasteiger partial charge < -0.3 is 20.3 Å². The molecule has 3 aromatic rings. The minimum atomic E-state index is -0.241. The summed E-state index contributed by atoms with van der Waals surface area (Å²) in [7, 11) is 0. The summed E-state index contributed by atoms with van der Waals surface area (Å²) < 4.78 is 6.32. The zero-order valence-electron chi connectivity index (χ0n) is 16.1. The number of rotatable bonds is 5. The maximum Gasteiger partial charge on any atom is 0.265 e. The second kappa shape index (κ2) is 9.42. The molecule has 0 aliphatic carbocycles. The van der Waals surface area contributed by atoms with Gasteiger partial charge in [-0.15, -0.1) is 11.3 Å². The zero-order chi connectivity index (χ0) is 20.9. The van der Waals surface area contributed by atoms with Crippen LogP contribution < -0.4 is 15.5 Å². The first-order valence-corrected chi connectivity index (χ1v) is 11.2. The van der Waals surface area contributed by atoms with Crippen LogP contribution in [0.5, 0.6) is 0 Å². The Kier molecular flexibility index (Phi) is 6.47. The van der Waals surface area contributed by atoms with Crippen LogP contribution in [0.25, 0.3) is 0 Å². The Bertz CT molecular complexity index is 1050. The van der Waals surface area contributed by atoms with Crippen LogP contribution in [0.15, 0.2) is 64.5 Å². The van der Waals surface area contributed by atoms with Gasteiger partial charge in [-0.1, -0.05) is 28.1 Å². The number of nitrogens with one attached hydrogen (secondary N) is 2. The zero-order valence-corrected chi connectivity index (χ0v) is 18.5. The highest BCUT2D eigenvalue weighted by Crippen LogP contribution is 2.30. The van der Waals surface area contributed by atoms with Crippen LogP contribution in [0.3, 0.4) is 0 Å². The van der Waals surface area contributed by atoms with E-state index in [0.717, 1.165) is 28.9 Å². The van der Waals surface area contributed by atoms with E-state index in [1.807, 2.05) is 29.6 Å². The third kappa shape index (κ3) is 4.89. The molecule has 0 saturated carbocycles. The Morgan fingerprint density at radius 1 is 0.967 bits per heavy atom. The monoisotopic (exact) mass is 485 g/mol. The molecule has 1 fully saturated rings. The van der Waals surface area contributed by atoms with E-state index in [1.165, 1.54) is 11.3 Å². The molecule has 1 saturated heterocycles. The van der Waals surface area contributed by atoms with E-state index >= 15 is 0 Å². The molecular weight excluding hydrogens is 466 g/mol. The largest absolute Gasteiger partial charge is 0.378 e. The Hall–Kier alpha value is -2.68. The second-order valence-electron chi connectivity index (χ2n) is 6.73. The van der Waals surface area contributed by atoms with Gasteiger partial charge in [-0.2, -0.15) is 0 Å². The average molecular weight is 486 g/mol. The molecule has 4 rings (SSSR count). The summed E-state index contributed by atoms with van der Waals surface area (Å²) in [6, 6.07) is 16.3. The van der Waals surface area contributed by atoms with Gasteiger partial charge >= 0.3 is 0 Å². The molecular formula is C22H20BrN3O3S. The van der Waals surface area contributed by atoms with Crippen molar-refractivity contribution in [1.82, 2.24) is 0 Å². The lowest BCUT2D eigenvalue weighted by atomic mass is 10.1. The number of hydrogen-bond acceptors (Lipinski definition) is 5. The van der Waals surface area contributed by atoms with E-state index in [1.54, 1.807) is 30.3 Å². The third-order valence-electron chi connectivity index (χ3n) is 4.69. The highest BCUT2D eigenvalue weighted by molar-refractivity contribution is 9.10. The standard InChI is InChI=1S/C22H20BrN3O3S/c23-16-6-7-19(26-8-10-29-11-9-26)18(14-16)25-21(27)15-3-1-4-17(13-15)24-22(28)20-5-2-12-30-20/h1-7,12-14H,8-11H2,(H,24,28)(H,25,27). The Labute approximate surface area is 187 Å². The molecule has 2 N–H and O–H groups in total. The predicted molar refractivity (Wildman–Crippen MR) is 124 cm³/mol. The van der Waals surface area contributed by atoms with Crippen molar-refractivity contribution < 1.29 is 14.3 Å². The van der Waals surface area contributed by atoms with E-state index in [9.17, 15) is 9.59 Å². The van der Waals surface area contributed by atoms with Crippen molar-refractivity contribution in [3.8, 4) is 0 Å². The van der Waals surface area contributed by atoms with Gasteiger partial charge in [-0.05, 0) is 47.8 Å². The van der Waals surface area contributed by atoms with Crippen molar-refractivity contribution >= 4 is 56.1 Å². The lowest BCUT2D eigenvalue weighted by Crippen LogP contribution is -2.36. The number of nitrogens with zero attached hydrogens (tertiary/aromatic N) is 1. The minimum absolute atomic E-state index is 0.191. The van der Waals surface area contributed by atoms with Crippen molar-refractivity contribution in [2.45, 2.75) is 0 Å². The normalized spacial score (nSPS) is 13.7. The predicted octanol–water partition coefficient (Wildman–Crippen LogP) is 4.85.